The fourth-order valence-corrected chi connectivity index (χ4v) is 2.95. The Labute approximate surface area is 163 Å². The van der Waals surface area contributed by atoms with Crippen LogP contribution in [-0.2, 0) is 14.3 Å². The van der Waals surface area contributed by atoms with E-state index in [1.165, 1.54) is 6.08 Å². The Morgan fingerprint density at radius 1 is 1.23 bits per heavy atom. The summed E-state index contributed by atoms with van der Waals surface area (Å²) in [6, 6.07) is 5.12. The van der Waals surface area contributed by atoms with Gasteiger partial charge in [-0.05, 0) is 29.8 Å². The van der Waals surface area contributed by atoms with Gasteiger partial charge in [0.1, 0.15) is 0 Å². The molecular formula is C18H23Cl2N3O3. The summed E-state index contributed by atoms with van der Waals surface area (Å²) in [4.78, 5) is 27.9. The predicted molar refractivity (Wildman–Crippen MR) is 103 cm³/mol. The van der Waals surface area contributed by atoms with E-state index in [2.05, 4.69) is 5.32 Å². The Morgan fingerprint density at radius 3 is 2.65 bits per heavy atom. The highest BCUT2D eigenvalue weighted by molar-refractivity contribution is 6.34. The second kappa shape index (κ2) is 10.5. The molecule has 142 valence electrons. The summed E-state index contributed by atoms with van der Waals surface area (Å²) in [5.41, 5.74) is 0.707. The van der Waals surface area contributed by atoms with Crippen LogP contribution in [0.1, 0.15) is 5.56 Å². The average Bonchev–Trinajstić information content (AvgIpc) is 2.63. The number of nitrogens with one attached hydrogen (secondary N) is 1. The minimum atomic E-state index is -0.0785. The number of rotatable bonds is 7. The molecule has 0 bridgehead atoms. The molecule has 1 aliphatic heterocycles. The Kier molecular flexibility index (Phi) is 8.38. The molecule has 0 atom stereocenters. The first-order valence-corrected chi connectivity index (χ1v) is 9.15. The molecule has 0 aliphatic carbocycles. The van der Waals surface area contributed by atoms with Gasteiger partial charge in [0.2, 0.25) is 11.8 Å². The van der Waals surface area contributed by atoms with Gasteiger partial charge < -0.3 is 15.0 Å². The molecule has 2 amide bonds. The maximum atomic E-state index is 12.3. The molecule has 1 N–H and O–H groups in total. The quantitative estimate of drug-likeness (QED) is 0.561. The number of ether oxygens (including phenoxy) is 1. The molecule has 1 aromatic rings. The maximum Gasteiger partial charge on any atom is 0.246 e. The summed E-state index contributed by atoms with van der Waals surface area (Å²) in [6.45, 7) is 3.82. The number of methoxy groups -OCH3 is 1. The van der Waals surface area contributed by atoms with Crippen molar-refractivity contribution in [2.75, 3.05) is 53.0 Å². The van der Waals surface area contributed by atoms with E-state index in [1.807, 2.05) is 4.90 Å². The summed E-state index contributed by atoms with van der Waals surface area (Å²) < 4.78 is 4.90. The van der Waals surface area contributed by atoms with Crippen LogP contribution in [-0.4, -0.2) is 74.6 Å². The molecule has 1 heterocycles. The zero-order chi connectivity index (χ0) is 18.9. The summed E-state index contributed by atoms with van der Waals surface area (Å²) >= 11 is 12.0. The molecule has 1 aromatic carbocycles. The van der Waals surface area contributed by atoms with Crippen LogP contribution in [0.15, 0.2) is 24.3 Å². The Hall–Kier alpha value is -1.60. The Bertz CT molecular complexity index is 659. The van der Waals surface area contributed by atoms with Crippen molar-refractivity contribution in [2.45, 2.75) is 0 Å². The fraction of sp³-hybridized carbons (Fsp3) is 0.444. The topological polar surface area (TPSA) is 61.9 Å². The number of hydrogen-bond acceptors (Lipinski definition) is 4. The number of piperazine rings is 1. The minimum Gasteiger partial charge on any atom is -0.383 e. The van der Waals surface area contributed by atoms with Gasteiger partial charge in [-0.2, -0.15) is 0 Å². The molecule has 1 saturated heterocycles. The van der Waals surface area contributed by atoms with Crippen LogP contribution < -0.4 is 5.32 Å². The third kappa shape index (κ3) is 6.61. The molecule has 6 nitrogen and oxygen atoms in total. The van der Waals surface area contributed by atoms with Crippen molar-refractivity contribution in [1.82, 2.24) is 15.1 Å². The SMILES string of the molecule is COCCNC(=O)CN1CCN(C(=O)/C=C/c2cc(Cl)ccc2Cl)CC1. The fourth-order valence-electron chi connectivity index (χ4n) is 2.59. The van der Waals surface area contributed by atoms with Crippen LogP contribution in [0.3, 0.4) is 0 Å². The number of amides is 2. The lowest BCUT2D eigenvalue weighted by Gasteiger charge is -2.33. The smallest absolute Gasteiger partial charge is 0.246 e. The van der Waals surface area contributed by atoms with Crippen molar-refractivity contribution in [3.63, 3.8) is 0 Å². The van der Waals surface area contributed by atoms with Crippen molar-refractivity contribution in [2.24, 2.45) is 0 Å². The van der Waals surface area contributed by atoms with E-state index in [9.17, 15) is 9.59 Å². The highest BCUT2D eigenvalue weighted by Crippen LogP contribution is 2.21. The van der Waals surface area contributed by atoms with Crippen molar-refractivity contribution in [3.05, 3.63) is 39.9 Å². The van der Waals surface area contributed by atoms with E-state index in [4.69, 9.17) is 27.9 Å². The monoisotopic (exact) mass is 399 g/mol. The number of carbonyl (C=O) groups is 2. The van der Waals surface area contributed by atoms with Crippen LogP contribution in [0.4, 0.5) is 0 Å². The van der Waals surface area contributed by atoms with Gasteiger partial charge in [0, 0.05) is 56.0 Å². The molecular weight excluding hydrogens is 377 g/mol. The third-order valence-corrected chi connectivity index (χ3v) is 4.62. The second-order valence-corrected chi connectivity index (χ2v) is 6.79. The number of carbonyl (C=O) groups excluding carboxylic acids is 2. The van der Waals surface area contributed by atoms with Crippen LogP contribution in [0.5, 0.6) is 0 Å². The highest BCUT2D eigenvalue weighted by Gasteiger charge is 2.21. The molecule has 1 aliphatic rings. The molecule has 2 rings (SSSR count). The number of halogens is 2. The maximum absolute atomic E-state index is 12.3. The second-order valence-electron chi connectivity index (χ2n) is 5.94. The van der Waals surface area contributed by atoms with E-state index in [0.717, 1.165) is 0 Å². The highest BCUT2D eigenvalue weighted by atomic mass is 35.5. The van der Waals surface area contributed by atoms with Crippen LogP contribution >= 0.6 is 23.2 Å². The first-order chi connectivity index (χ1) is 12.5. The van der Waals surface area contributed by atoms with Crippen molar-refractivity contribution >= 4 is 41.1 Å². The molecule has 1 fully saturated rings. The van der Waals surface area contributed by atoms with E-state index in [-0.39, 0.29) is 11.8 Å². The van der Waals surface area contributed by atoms with Gasteiger partial charge in [-0.3, -0.25) is 14.5 Å². The first kappa shape index (κ1) is 20.7. The summed E-state index contributed by atoms with van der Waals surface area (Å²) in [6.07, 6.45) is 3.18. The van der Waals surface area contributed by atoms with E-state index >= 15 is 0 Å². The van der Waals surface area contributed by atoms with E-state index in [0.29, 0.717) is 61.5 Å². The zero-order valence-electron chi connectivity index (χ0n) is 14.7. The van der Waals surface area contributed by atoms with Gasteiger partial charge in [0.05, 0.1) is 13.2 Å². The van der Waals surface area contributed by atoms with Crippen LogP contribution in [0.25, 0.3) is 6.08 Å². The Morgan fingerprint density at radius 2 is 1.96 bits per heavy atom. The lowest BCUT2D eigenvalue weighted by atomic mass is 10.2. The molecule has 26 heavy (non-hydrogen) atoms. The van der Waals surface area contributed by atoms with Crippen LogP contribution in [0, 0.1) is 0 Å². The van der Waals surface area contributed by atoms with Gasteiger partial charge in [-0.25, -0.2) is 0 Å². The molecule has 0 unspecified atom stereocenters. The first-order valence-electron chi connectivity index (χ1n) is 8.39. The van der Waals surface area contributed by atoms with Crippen molar-refractivity contribution < 1.29 is 14.3 Å². The third-order valence-electron chi connectivity index (χ3n) is 4.04. The molecule has 8 heteroatoms. The van der Waals surface area contributed by atoms with Gasteiger partial charge in [-0.15, -0.1) is 0 Å². The van der Waals surface area contributed by atoms with Gasteiger partial charge >= 0.3 is 0 Å². The Balaban J connectivity index is 1.78. The summed E-state index contributed by atoms with van der Waals surface area (Å²) in [5.74, 6) is -0.109. The normalized spacial score (nSPS) is 15.4. The minimum absolute atomic E-state index is 0.0303. The van der Waals surface area contributed by atoms with Crippen LogP contribution in [0.2, 0.25) is 10.0 Å². The molecule has 0 spiro atoms. The van der Waals surface area contributed by atoms with E-state index in [1.54, 1.807) is 36.3 Å². The molecule has 0 radical (unpaired) electrons. The van der Waals surface area contributed by atoms with Gasteiger partial charge in [0.25, 0.3) is 0 Å². The number of benzene rings is 1. The number of hydrogen-bond donors (Lipinski definition) is 1. The summed E-state index contributed by atoms with van der Waals surface area (Å²) in [5, 5.41) is 3.91. The van der Waals surface area contributed by atoms with Crippen molar-refractivity contribution in [1.29, 1.82) is 0 Å². The van der Waals surface area contributed by atoms with E-state index < -0.39 is 0 Å². The lowest BCUT2D eigenvalue weighted by Crippen LogP contribution is -2.51. The largest absolute Gasteiger partial charge is 0.383 e. The summed E-state index contributed by atoms with van der Waals surface area (Å²) in [7, 11) is 1.59. The molecule has 0 saturated carbocycles. The predicted octanol–water partition coefficient (Wildman–Crippen LogP) is 1.91. The average molecular weight is 400 g/mol. The molecule has 0 aromatic heterocycles. The van der Waals surface area contributed by atoms with Gasteiger partial charge in [0.15, 0.2) is 0 Å². The zero-order valence-corrected chi connectivity index (χ0v) is 16.2. The standard InChI is InChI=1S/C18H23Cl2N3O3/c1-26-11-6-21-17(24)13-22-7-9-23(10-8-22)18(25)5-2-14-12-15(19)3-4-16(14)20/h2-5,12H,6-11,13H2,1H3,(H,21,24)/b5-2+. The van der Waals surface area contributed by atoms with Crippen molar-refractivity contribution in [3.8, 4) is 0 Å². The lowest BCUT2D eigenvalue weighted by molar-refractivity contribution is -0.128. The van der Waals surface area contributed by atoms with Gasteiger partial charge in [-0.1, -0.05) is 23.2 Å². The number of nitrogens with zero attached hydrogens (tertiary/aromatic N) is 2.